The van der Waals surface area contributed by atoms with Crippen LogP contribution in [0.2, 0.25) is 5.02 Å². The number of nitrogens with zero attached hydrogens (tertiary/aromatic N) is 3. The zero-order chi connectivity index (χ0) is 27.2. The van der Waals surface area contributed by atoms with Crippen molar-refractivity contribution < 1.29 is 19.3 Å². The van der Waals surface area contributed by atoms with Crippen molar-refractivity contribution in [3.63, 3.8) is 0 Å². The molecular formula is C29H28ClFN4O3S. The lowest BCUT2D eigenvalue weighted by atomic mass is 10.1. The highest BCUT2D eigenvalue weighted by Crippen LogP contribution is 2.38. The van der Waals surface area contributed by atoms with Gasteiger partial charge in [0.25, 0.3) is 0 Å². The Morgan fingerprint density at radius 1 is 0.949 bits per heavy atom. The average molecular weight is 567 g/mol. The van der Waals surface area contributed by atoms with Gasteiger partial charge in [0.1, 0.15) is 35.1 Å². The SMILES string of the molecule is OCCN(CCO)CCc1ccc2c(c1)sc1ncnc(Nc3ccc(OCc4cccc(F)c4)c(Cl)c3)c12. The maximum absolute atomic E-state index is 13.4. The number of halogens is 2. The Bertz CT molecular complexity index is 1580. The molecular weight excluding hydrogens is 539 g/mol. The van der Waals surface area contributed by atoms with Crippen LogP contribution < -0.4 is 10.1 Å². The molecule has 5 aromatic rings. The van der Waals surface area contributed by atoms with Crippen LogP contribution in [0.4, 0.5) is 15.9 Å². The summed E-state index contributed by atoms with van der Waals surface area (Å²) in [5.41, 5.74) is 2.65. The van der Waals surface area contributed by atoms with E-state index in [0.717, 1.165) is 44.5 Å². The molecule has 7 nitrogen and oxygen atoms in total. The van der Waals surface area contributed by atoms with Crippen molar-refractivity contribution >= 4 is 54.7 Å². The molecule has 202 valence electrons. The molecule has 0 bridgehead atoms. The topological polar surface area (TPSA) is 90.7 Å². The Morgan fingerprint density at radius 2 is 1.79 bits per heavy atom. The third kappa shape index (κ3) is 6.63. The van der Waals surface area contributed by atoms with Crippen molar-refractivity contribution in [1.29, 1.82) is 0 Å². The smallest absolute Gasteiger partial charge is 0.143 e. The molecule has 0 amide bonds. The third-order valence-corrected chi connectivity index (χ3v) is 7.72. The maximum atomic E-state index is 13.4. The highest BCUT2D eigenvalue weighted by Gasteiger charge is 2.14. The zero-order valence-corrected chi connectivity index (χ0v) is 22.7. The molecule has 2 heterocycles. The van der Waals surface area contributed by atoms with Crippen LogP contribution in [0.5, 0.6) is 5.75 Å². The standard InChI is InChI=1S/C29H28ClFN4O3S/c30-24-16-22(5-7-25(24)38-17-20-2-1-3-21(31)14-20)34-28-27-23-6-4-19(8-9-35(10-12-36)11-13-37)15-26(23)39-29(27)33-18-32-28/h1-7,14-16,18,36-37H,8-13,17H2,(H,32,33,34). The Morgan fingerprint density at radius 3 is 2.56 bits per heavy atom. The van der Waals surface area contributed by atoms with Gasteiger partial charge >= 0.3 is 0 Å². The minimum absolute atomic E-state index is 0.0691. The molecule has 5 rings (SSSR count). The Kier molecular flexibility index (Phi) is 8.85. The van der Waals surface area contributed by atoms with Gasteiger partial charge in [-0.3, -0.25) is 4.90 Å². The Hall–Kier alpha value is -3.34. The van der Waals surface area contributed by atoms with Crippen LogP contribution in [0, 0.1) is 5.82 Å². The van der Waals surface area contributed by atoms with E-state index in [1.54, 1.807) is 41.9 Å². The first-order chi connectivity index (χ1) is 19.0. The summed E-state index contributed by atoms with van der Waals surface area (Å²) < 4.78 is 20.3. The van der Waals surface area contributed by atoms with Crippen LogP contribution in [0.3, 0.4) is 0 Å². The van der Waals surface area contributed by atoms with Crippen LogP contribution in [0.1, 0.15) is 11.1 Å². The molecule has 39 heavy (non-hydrogen) atoms. The van der Waals surface area contributed by atoms with Gasteiger partial charge in [-0.1, -0.05) is 35.9 Å². The second-order valence-electron chi connectivity index (χ2n) is 9.06. The minimum atomic E-state index is -0.308. The van der Waals surface area contributed by atoms with Gasteiger partial charge in [-0.05, 0) is 53.9 Å². The van der Waals surface area contributed by atoms with E-state index in [9.17, 15) is 14.6 Å². The summed E-state index contributed by atoms with van der Waals surface area (Å²) >= 11 is 8.10. The molecule has 0 radical (unpaired) electrons. The number of ether oxygens (including phenoxy) is 1. The maximum Gasteiger partial charge on any atom is 0.143 e. The highest BCUT2D eigenvalue weighted by atomic mass is 35.5. The summed E-state index contributed by atoms with van der Waals surface area (Å²) in [6, 6.07) is 18.0. The number of anilines is 2. The number of benzene rings is 3. The Balaban J connectivity index is 1.33. The van der Waals surface area contributed by atoms with E-state index in [0.29, 0.717) is 29.7 Å². The van der Waals surface area contributed by atoms with Gasteiger partial charge in [0.05, 0.1) is 23.6 Å². The van der Waals surface area contributed by atoms with Gasteiger partial charge in [0, 0.05) is 35.4 Å². The summed E-state index contributed by atoms with van der Waals surface area (Å²) in [7, 11) is 0. The van der Waals surface area contributed by atoms with Crippen LogP contribution >= 0.6 is 22.9 Å². The van der Waals surface area contributed by atoms with Crippen LogP contribution in [0.15, 0.2) is 67.0 Å². The first-order valence-electron chi connectivity index (χ1n) is 12.6. The number of aliphatic hydroxyl groups excluding tert-OH is 2. The number of nitrogens with one attached hydrogen (secondary N) is 1. The van der Waals surface area contributed by atoms with Crippen molar-refractivity contribution in [2.75, 3.05) is 38.2 Å². The minimum Gasteiger partial charge on any atom is -0.487 e. The second kappa shape index (κ2) is 12.7. The molecule has 2 aromatic heterocycles. The number of rotatable bonds is 12. The number of aromatic nitrogens is 2. The molecule has 0 aliphatic heterocycles. The molecule has 0 saturated carbocycles. The number of aliphatic hydroxyl groups is 2. The molecule has 0 saturated heterocycles. The van der Waals surface area contributed by atoms with Crippen LogP contribution in [0.25, 0.3) is 20.3 Å². The number of hydrogen-bond acceptors (Lipinski definition) is 8. The van der Waals surface area contributed by atoms with Crippen LogP contribution in [-0.4, -0.2) is 57.9 Å². The fraction of sp³-hybridized carbons (Fsp3) is 0.241. The fourth-order valence-electron chi connectivity index (χ4n) is 4.43. The molecule has 0 fully saturated rings. The van der Waals surface area contributed by atoms with Gasteiger partial charge in [0.15, 0.2) is 0 Å². The van der Waals surface area contributed by atoms with E-state index >= 15 is 0 Å². The van der Waals surface area contributed by atoms with Gasteiger partial charge < -0.3 is 20.3 Å². The molecule has 3 aromatic carbocycles. The number of hydrogen-bond donors (Lipinski definition) is 3. The normalized spacial score (nSPS) is 11.5. The summed E-state index contributed by atoms with van der Waals surface area (Å²) in [4.78, 5) is 11.9. The molecule has 0 aliphatic rings. The molecule has 0 unspecified atom stereocenters. The average Bonchev–Trinajstić information content (AvgIpc) is 3.30. The first-order valence-corrected chi connectivity index (χ1v) is 13.8. The van der Waals surface area contributed by atoms with E-state index in [4.69, 9.17) is 16.3 Å². The number of fused-ring (bicyclic) bond motifs is 3. The van der Waals surface area contributed by atoms with E-state index in [1.165, 1.54) is 17.7 Å². The molecule has 0 atom stereocenters. The monoisotopic (exact) mass is 566 g/mol. The third-order valence-electron chi connectivity index (χ3n) is 6.36. The van der Waals surface area contributed by atoms with Gasteiger partial charge in [-0.2, -0.15) is 0 Å². The highest BCUT2D eigenvalue weighted by molar-refractivity contribution is 7.25. The summed E-state index contributed by atoms with van der Waals surface area (Å²) in [6.45, 7) is 2.19. The van der Waals surface area contributed by atoms with Crippen molar-refractivity contribution in [1.82, 2.24) is 14.9 Å². The summed E-state index contributed by atoms with van der Waals surface area (Å²) in [6.07, 6.45) is 2.35. The van der Waals surface area contributed by atoms with E-state index < -0.39 is 0 Å². The van der Waals surface area contributed by atoms with Crippen molar-refractivity contribution in [2.24, 2.45) is 0 Å². The molecule has 0 aliphatic carbocycles. The molecule has 10 heteroatoms. The lowest BCUT2D eigenvalue weighted by Crippen LogP contribution is -2.31. The predicted octanol–water partition coefficient (Wildman–Crippen LogP) is 5.79. The summed E-state index contributed by atoms with van der Waals surface area (Å²) in [5.74, 6) is 0.878. The zero-order valence-electron chi connectivity index (χ0n) is 21.1. The quantitative estimate of drug-likeness (QED) is 0.176. The lowest BCUT2D eigenvalue weighted by Gasteiger charge is -2.19. The van der Waals surface area contributed by atoms with Crippen molar-refractivity contribution in [2.45, 2.75) is 13.0 Å². The fourth-order valence-corrected chi connectivity index (χ4v) is 5.77. The second-order valence-corrected chi connectivity index (χ2v) is 10.5. The van der Waals surface area contributed by atoms with Gasteiger partial charge in [0.2, 0.25) is 0 Å². The molecule has 0 spiro atoms. The Labute approximate surface area is 234 Å². The first kappa shape index (κ1) is 27.2. The predicted molar refractivity (Wildman–Crippen MR) is 155 cm³/mol. The van der Waals surface area contributed by atoms with Crippen LogP contribution in [-0.2, 0) is 13.0 Å². The largest absolute Gasteiger partial charge is 0.487 e. The summed E-state index contributed by atoms with van der Waals surface area (Å²) in [5, 5.41) is 24.3. The van der Waals surface area contributed by atoms with Crippen molar-refractivity contribution in [3.05, 3.63) is 89.0 Å². The van der Waals surface area contributed by atoms with Crippen molar-refractivity contribution in [3.8, 4) is 5.75 Å². The van der Waals surface area contributed by atoms with E-state index in [2.05, 4.69) is 33.5 Å². The van der Waals surface area contributed by atoms with Gasteiger partial charge in [-0.25, -0.2) is 14.4 Å². The molecule has 3 N–H and O–H groups in total. The lowest BCUT2D eigenvalue weighted by molar-refractivity contribution is 0.162. The van der Waals surface area contributed by atoms with E-state index in [-0.39, 0.29) is 25.6 Å². The van der Waals surface area contributed by atoms with E-state index in [1.807, 2.05) is 11.0 Å². The van der Waals surface area contributed by atoms with Gasteiger partial charge in [-0.15, -0.1) is 11.3 Å². The number of thiophene rings is 1.